The molecular formula is C17H19ClN2O2S. The van der Waals surface area contributed by atoms with E-state index in [0.29, 0.717) is 24.5 Å². The average molecular weight is 351 g/mol. The summed E-state index contributed by atoms with van der Waals surface area (Å²) in [4.78, 5) is 26.5. The number of hydrogen-bond acceptors (Lipinski definition) is 3. The second-order valence-electron chi connectivity index (χ2n) is 5.21. The maximum atomic E-state index is 11.9. The maximum absolute atomic E-state index is 11.9. The molecule has 2 rings (SSSR count). The Kier molecular flexibility index (Phi) is 6.19. The Hall–Kier alpha value is -1.85. The molecule has 1 N–H and O–H groups in total. The summed E-state index contributed by atoms with van der Waals surface area (Å²) in [6.07, 6.45) is 0.369. The van der Waals surface area contributed by atoms with Crippen molar-refractivity contribution in [1.29, 1.82) is 0 Å². The van der Waals surface area contributed by atoms with Crippen molar-refractivity contribution < 1.29 is 9.59 Å². The van der Waals surface area contributed by atoms with Crippen LogP contribution in [0.25, 0.3) is 0 Å². The van der Waals surface area contributed by atoms with Crippen molar-refractivity contribution in [2.24, 2.45) is 0 Å². The molecule has 122 valence electrons. The van der Waals surface area contributed by atoms with E-state index in [1.54, 1.807) is 28.4 Å². The number of halogens is 1. The van der Waals surface area contributed by atoms with Gasteiger partial charge in [-0.3, -0.25) is 9.59 Å². The highest BCUT2D eigenvalue weighted by atomic mass is 35.5. The fraction of sp³-hybridized carbons (Fsp3) is 0.294. The van der Waals surface area contributed by atoms with Crippen LogP contribution in [0.1, 0.15) is 17.4 Å². The number of nitrogens with one attached hydrogen (secondary N) is 1. The molecule has 0 bridgehead atoms. The van der Waals surface area contributed by atoms with E-state index in [1.165, 1.54) is 6.92 Å². The molecule has 0 fully saturated rings. The second kappa shape index (κ2) is 8.13. The largest absolute Gasteiger partial charge is 0.354 e. The number of amides is 2. The lowest BCUT2D eigenvalue weighted by molar-refractivity contribution is -0.120. The number of carbonyl (C=O) groups excluding carboxylic acids is 2. The zero-order valence-electron chi connectivity index (χ0n) is 13.1. The van der Waals surface area contributed by atoms with Crippen LogP contribution in [0.2, 0.25) is 5.02 Å². The van der Waals surface area contributed by atoms with E-state index in [9.17, 15) is 9.59 Å². The van der Waals surface area contributed by atoms with Crippen LogP contribution in [0.3, 0.4) is 0 Å². The van der Waals surface area contributed by atoms with Gasteiger partial charge in [-0.15, -0.1) is 11.3 Å². The summed E-state index contributed by atoms with van der Waals surface area (Å²) in [7, 11) is 0. The summed E-state index contributed by atoms with van der Waals surface area (Å²) in [5, 5.41) is 5.38. The van der Waals surface area contributed by atoms with Crippen molar-refractivity contribution in [3.63, 3.8) is 0 Å². The van der Waals surface area contributed by atoms with Crippen LogP contribution in [0.4, 0.5) is 5.69 Å². The van der Waals surface area contributed by atoms with Crippen molar-refractivity contribution in [3.8, 4) is 0 Å². The molecule has 1 aromatic carbocycles. The summed E-state index contributed by atoms with van der Waals surface area (Å²) in [5.41, 5.74) is 1.74. The van der Waals surface area contributed by atoms with Crippen molar-refractivity contribution >= 4 is 40.4 Å². The molecule has 0 radical (unpaired) electrons. The molecular weight excluding hydrogens is 332 g/mol. The van der Waals surface area contributed by atoms with Gasteiger partial charge in [-0.25, -0.2) is 0 Å². The molecule has 0 aliphatic rings. The van der Waals surface area contributed by atoms with E-state index < -0.39 is 0 Å². The summed E-state index contributed by atoms with van der Waals surface area (Å²) in [5.74, 6) is -0.123. The molecule has 0 unspecified atom stereocenters. The predicted molar refractivity (Wildman–Crippen MR) is 95.2 cm³/mol. The third-order valence-electron chi connectivity index (χ3n) is 3.41. The van der Waals surface area contributed by atoms with Gasteiger partial charge in [0.05, 0.1) is 6.42 Å². The van der Waals surface area contributed by atoms with Crippen LogP contribution in [0.5, 0.6) is 0 Å². The van der Waals surface area contributed by atoms with Gasteiger partial charge >= 0.3 is 0 Å². The Bertz CT molecular complexity index is 686. The molecule has 0 aliphatic carbocycles. The molecule has 0 spiro atoms. The van der Waals surface area contributed by atoms with Crippen molar-refractivity contribution in [1.82, 2.24) is 5.32 Å². The molecule has 1 aromatic heterocycles. The van der Waals surface area contributed by atoms with Crippen LogP contribution < -0.4 is 10.2 Å². The van der Waals surface area contributed by atoms with E-state index >= 15 is 0 Å². The zero-order chi connectivity index (χ0) is 16.8. The van der Waals surface area contributed by atoms with E-state index in [4.69, 9.17) is 11.6 Å². The third-order valence-corrected chi connectivity index (χ3v) is 4.53. The van der Waals surface area contributed by atoms with Gasteiger partial charge in [0, 0.05) is 35.6 Å². The zero-order valence-corrected chi connectivity index (χ0v) is 14.7. The molecule has 0 saturated carbocycles. The minimum atomic E-state index is -0.0807. The van der Waals surface area contributed by atoms with Gasteiger partial charge in [-0.2, -0.15) is 0 Å². The number of rotatable bonds is 6. The lowest BCUT2D eigenvalue weighted by atomic mass is 10.2. The van der Waals surface area contributed by atoms with Crippen LogP contribution >= 0.6 is 22.9 Å². The van der Waals surface area contributed by atoms with Gasteiger partial charge in [0.1, 0.15) is 0 Å². The van der Waals surface area contributed by atoms with Gasteiger partial charge in [-0.05, 0) is 36.1 Å². The maximum Gasteiger partial charge on any atom is 0.225 e. The van der Waals surface area contributed by atoms with Crippen molar-refractivity contribution in [2.75, 3.05) is 18.0 Å². The van der Waals surface area contributed by atoms with Crippen LogP contribution in [-0.2, 0) is 16.0 Å². The highest BCUT2D eigenvalue weighted by Gasteiger charge is 2.14. The first-order valence-corrected chi connectivity index (χ1v) is 8.56. The lowest BCUT2D eigenvalue weighted by Gasteiger charge is -2.23. The van der Waals surface area contributed by atoms with Crippen LogP contribution in [-0.4, -0.2) is 24.9 Å². The molecule has 0 aliphatic heterocycles. The van der Waals surface area contributed by atoms with E-state index in [0.717, 1.165) is 16.1 Å². The number of carbonyl (C=O) groups is 2. The Morgan fingerprint density at radius 3 is 2.74 bits per heavy atom. The third kappa shape index (κ3) is 5.08. The summed E-state index contributed by atoms with van der Waals surface area (Å²) in [6, 6.07) is 9.30. The monoisotopic (exact) mass is 350 g/mol. The predicted octanol–water partition coefficient (Wildman–Crippen LogP) is 3.42. The molecule has 0 saturated heterocycles. The van der Waals surface area contributed by atoms with Crippen LogP contribution in [0, 0.1) is 6.92 Å². The van der Waals surface area contributed by atoms with Crippen molar-refractivity contribution in [2.45, 2.75) is 20.3 Å². The first-order valence-electron chi connectivity index (χ1n) is 7.30. The molecule has 4 nitrogen and oxygen atoms in total. The topological polar surface area (TPSA) is 49.4 Å². The Labute approximate surface area is 145 Å². The van der Waals surface area contributed by atoms with Gasteiger partial charge in [0.25, 0.3) is 0 Å². The number of benzene rings is 1. The molecule has 23 heavy (non-hydrogen) atoms. The number of thiophene rings is 1. The second-order valence-corrected chi connectivity index (χ2v) is 6.68. The van der Waals surface area contributed by atoms with E-state index in [-0.39, 0.29) is 11.8 Å². The Balaban J connectivity index is 1.94. The molecule has 1 heterocycles. The smallest absolute Gasteiger partial charge is 0.225 e. The van der Waals surface area contributed by atoms with Crippen molar-refractivity contribution in [3.05, 3.63) is 51.2 Å². The van der Waals surface area contributed by atoms with Gasteiger partial charge in [-0.1, -0.05) is 23.7 Å². The first kappa shape index (κ1) is 17.5. The van der Waals surface area contributed by atoms with Gasteiger partial charge in [0.2, 0.25) is 11.8 Å². The van der Waals surface area contributed by atoms with Gasteiger partial charge < -0.3 is 10.2 Å². The molecule has 2 aromatic rings. The molecule has 2 amide bonds. The Morgan fingerprint density at radius 1 is 1.30 bits per heavy atom. The summed E-state index contributed by atoms with van der Waals surface area (Å²) >= 11 is 7.58. The number of anilines is 1. The normalized spacial score (nSPS) is 10.4. The molecule has 6 heteroatoms. The standard InChI is InChI=1S/C17H19ClN2O2S/c1-12-5-6-14(18)10-16(12)20(13(2)21)8-7-19-17(22)11-15-4-3-9-23-15/h3-6,9-10H,7-8,11H2,1-2H3,(H,19,22). The fourth-order valence-electron chi connectivity index (χ4n) is 2.26. The highest BCUT2D eigenvalue weighted by molar-refractivity contribution is 7.10. The number of hydrogen-bond donors (Lipinski definition) is 1. The fourth-order valence-corrected chi connectivity index (χ4v) is 3.13. The quantitative estimate of drug-likeness (QED) is 0.867. The van der Waals surface area contributed by atoms with Crippen LogP contribution in [0.15, 0.2) is 35.7 Å². The minimum absolute atomic E-state index is 0.0428. The lowest BCUT2D eigenvalue weighted by Crippen LogP contribution is -2.38. The van der Waals surface area contributed by atoms with E-state index in [1.807, 2.05) is 30.5 Å². The highest BCUT2D eigenvalue weighted by Crippen LogP contribution is 2.24. The number of nitrogens with zero attached hydrogens (tertiary/aromatic N) is 1. The minimum Gasteiger partial charge on any atom is -0.354 e. The number of aryl methyl sites for hydroxylation is 1. The summed E-state index contributed by atoms with van der Waals surface area (Å²) < 4.78 is 0. The van der Waals surface area contributed by atoms with E-state index in [2.05, 4.69) is 5.32 Å². The Morgan fingerprint density at radius 2 is 2.09 bits per heavy atom. The first-order chi connectivity index (χ1) is 11.0. The average Bonchev–Trinajstić information content (AvgIpc) is 2.99. The van der Waals surface area contributed by atoms with Gasteiger partial charge in [0.15, 0.2) is 0 Å². The summed E-state index contributed by atoms with van der Waals surface area (Å²) in [6.45, 7) is 4.24. The SMILES string of the molecule is CC(=O)N(CCNC(=O)Cc1cccs1)c1cc(Cl)ccc1C. The molecule has 0 atom stereocenters.